The van der Waals surface area contributed by atoms with Gasteiger partial charge in [0.1, 0.15) is 12.4 Å². The Morgan fingerprint density at radius 3 is 2.67 bits per heavy atom. The van der Waals surface area contributed by atoms with Gasteiger partial charge in [0.2, 0.25) is 0 Å². The third-order valence-corrected chi connectivity index (χ3v) is 2.28. The molecule has 0 aliphatic carbocycles. The lowest BCUT2D eigenvalue weighted by atomic mass is 10.3. The summed E-state index contributed by atoms with van der Waals surface area (Å²) in [6, 6.07) is 4.29. The van der Waals surface area contributed by atoms with Gasteiger partial charge < -0.3 is 14.8 Å². The van der Waals surface area contributed by atoms with Gasteiger partial charge in [-0.25, -0.2) is 0 Å². The van der Waals surface area contributed by atoms with Gasteiger partial charge in [-0.05, 0) is 19.9 Å². The van der Waals surface area contributed by atoms with E-state index in [0.29, 0.717) is 19.3 Å². The first-order valence-electron chi connectivity index (χ1n) is 6.50. The Hall–Kier alpha value is -1.13. The summed E-state index contributed by atoms with van der Waals surface area (Å²) < 4.78 is 11.0. The van der Waals surface area contributed by atoms with Crippen LogP contribution in [0.3, 0.4) is 0 Å². The zero-order valence-corrected chi connectivity index (χ0v) is 11.8. The van der Waals surface area contributed by atoms with E-state index in [1.54, 1.807) is 6.20 Å². The molecule has 0 aliphatic rings. The summed E-state index contributed by atoms with van der Waals surface area (Å²) in [6.07, 6.45) is 2.02. The monoisotopic (exact) mass is 252 g/mol. The number of hydrogen-bond donors (Lipinski definition) is 1. The number of aromatic nitrogens is 1. The fourth-order valence-electron chi connectivity index (χ4n) is 1.39. The molecule has 0 fully saturated rings. The first-order chi connectivity index (χ1) is 8.58. The van der Waals surface area contributed by atoms with Gasteiger partial charge in [0.05, 0.1) is 18.4 Å². The van der Waals surface area contributed by atoms with Crippen LogP contribution in [0.5, 0.6) is 5.75 Å². The van der Waals surface area contributed by atoms with E-state index < -0.39 is 0 Å². The topological polar surface area (TPSA) is 43.4 Å². The van der Waals surface area contributed by atoms with E-state index in [0.717, 1.165) is 18.0 Å². The Bertz CT molecular complexity index is 340. The summed E-state index contributed by atoms with van der Waals surface area (Å²) in [4.78, 5) is 4.29. The molecule has 4 heteroatoms. The molecule has 1 aromatic rings. The van der Waals surface area contributed by atoms with Crippen molar-refractivity contribution in [2.45, 2.75) is 46.4 Å². The van der Waals surface area contributed by atoms with E-state index in [1.807, 2.05) is 26.0 Å². The molecular weight excluding hydrogens is 228 g/mol. The maximum absolute atomic E-state index is 5.61. The number of ether oxygens (including phenoxy) is 2. The molecule has 1 rings (SSSR count). The number of nitrogens with one attached hydrogen (secondary N) is 1. The minimum atomic E-state index is 0.247. The Morgan fingerprint density at radius 2 is 2.00 bits per heavy atom. The summed E-state index contributed by atoms with van der Waals surface area (Å²) in [7, 11) is 0. The molecule has 18 heavy (non-hydrogen) atoms. The third kappa shape index (κ3) is 6.57. The molecule has 0 aliphatic heterocycles. The molecule has 0 atom stereocenters. The van der Waals surface area contributed by atoms with Crippen LogP contribution in [0.1, 0.15) is 33.4 Å². The van der Waals surface area contributed by atoms with Crippen molar-refractivity contribution in [2.75, 3.05) is 13.2 Å². The molecular formula is C14H24N2O2. The number of hydrogen-bond acceptors (Lipinski definition) is 4. The molecule has 0 bridgehead atoms. The van der Waals surface area contributed by atoms with Crippen LogP contribution in [0.25, 0.3) is 0 Å². The summed E-state index contributed by atoms with van der Waals surface area (Å²) in [5, 5.41) is 3.33. The quantitative estimate of drug-likeness (QED) is 0.721. The number of pyridine rings is 1. The molecule has 0 saturated heterocycles. The fraction of sp³-hybridized carbons (Fsp3) is 0.643. The van der Waals surface area contributed by atoms with E-state index in [2.05, 4.69) is 24.1 Å². The summed E-state index contributed by atoms with van der Waals surface area (Å²) in [6.45, 7) is 10.2. The van der Waals surface area contributed by atoms with Crippen molar-refractivity contribution in [3.8, 4) is 5.75 Å². The highest BCUT2D eigenvalue weighted by Gasteiger charge is 2.00. The standard InChI is InChI=1S/C14H24N2O2/c1-11(2)16-10-13-9-14(5-6-15-13)18-8-7-17-12(3)4/h5-6,9,11-12,16H,7-8,10H2,1-4H3. The Balaban J connectivity index is 2.34. The average molecular weight is 252 g/mol. The predicted octanol–water partition coefficient (Wildman–Crippen LogP) is 2.38. The van der Waals surface area contributed by atoms with Crippen LogP contribution < -0.4 is 10.1 Å². The molecule has 0 radical (unpaired) electrons. The van der Waals surface area contributed by atoms with E-state index in [1.165, 1.54) is 0 Å². The third-order valence-electron chi connectivity index (χ3n) is 2.28. The van der Waals surface area contributed by atoms with Crippen molar-refractivity contribution in [1.82, 2.24) is 10.3 Å². The van der Waals surface area contributed by atoms with Gasteiger partial charge in [-0.2, -0.15) is 0 Å². The van der Waals surface area contributed by atoms with Crippen molar-refractivity contribution in [1.29, 1.82) is 0 Å². The molecule has 4 nitrogen and oxygen atoms in total. The molecule has 0 saturated carbocycles. The zero-order chi connectivity index (χ0) is 13.4. The smallest absolute Gasteiger partial charge is 0.122 e. The lowest BCUT2D eigenvalue weighted by Gasteiger charge is -2.11. The van der Waals surface area contributed by atoms with Crippen molar-refractivity contribution in [2.24, 2.45) is 0 Å². The van der Waals surface area contributed by atoms with Crippen LogP contribution in [0.15, 0.2) is 18.3 Å². The fourth-order valence-corrected chi connectivity index (χ4v) is 1.39. The second-order valence-corrected chi connectivity index (χ2v) is 4.79. The first-order valence-corrected chi connectivity index (χ1v) is 6.50. The SMILES string of the molecule is CC(C)NCc1cc(OCCOC(C)C)ccn1. The normalized spacial score (nSPS) is 11.2. The zero-order valence-electron chi connectivity index (χ0n) is 11.8. The van der Waals surface area contributed by atoms with E-state index in [-0.39, 0.29) is 6.10 Å². The van der Waals surface area contributed by atoms with Gasteiger partial charge in [0.25, 0.3) is 0 Å². The van der Waals surface area contributed by atoms with Gasteiger partial charge in [0, 0.05) is 24.8 Å². The van der Waals surface area contributed by atoms with Crippen molar-refractivity contribution < 1.29 is 9.47 Å². The maximum Gasteiger partial charge on any atom is 0.122 e. The maximum atomic E-state index is 5.61. The average Bonchev–Trinajstić information content (AvgIpc) is 2.32. The van der Waals surface area contributed by atoms with Gasteiger partial charge in [-0.3, -0.25) is 4.98 Å². The molecule has 1 N–H and O–H groups in total. The van der Waals surface area contributed by atoms with Crippen LogP contribution >= 0.6 is 0 Å². The van der Waals surface area contributed by atoms with Crippen LogP contribution in [0.2, 0.25) is 0 Å². The molecule has 0 unspecified atom stereocenters. The first kappa shape index (κ1) is 14.9. The minimum absolute atomic E-state index is 0.247. The summed E-state index contributed by atoms with van der Waals surface area (Å²) in [5.41, 5.74) is 0.992. The van der Waals surface area contributed by atoms with Crippen molar-refractivity contribution in [3.05, 3.63) is 24.0 Å². The lowest BCUT2D eigenvalue weighted by Crippen LogP contribution is -2.22. The van der Waals surface area contributed by atoms with E-state index >= 15 is 0 Å². The Labute approximate surface area is 110 Å². The van der Waals surface area contributed by atoms with Gasteiger partial charge in [-0.1, -0.05) is 13.8 Å². The van der Waals surface area contributed by atoms with Crippen LogP contribution in [-0.4, -0.2) is 30.3 Å². The molecule has 1 heterocycles. The largest absolute Gasteiger partial charge is 0.491 e. The summed E-state index contributed by atoms with van der Waals surface area (Å²) >= 11 is 0. The van der Waals surface area contributed by atoms with Crippen molar-refractivity contribution in [3.63, 3.8) is 0 Å². The molecule has 0 amide bonds. The van der Waals surface area contributed by atoms with E-state index in [9.17, 15) is 0 Å². The molecule has 1 aromatic heterocycles. The molecule has 102 valence electrons. The molecule has 0 aromatic carbocycles. The summed E-state index contributed by atoms with van der Waals surface area (Å²) in [5.74, 6) is 0.845. The lowest BCUT2D eigenvalue weighted by molar-refractivity contribution is 0.0552. The highest BCUT2D eigenvalue weighted by Crippen LogP contribution is 2.10. The highest BCUT2D eigenvalue weighted by molar-refractivity contribution is 5.22. The Kier molecular flexibility index (Phi) is 6.68. The highest BCUT2D eigenvalue weighted by atomic mass is 16.5. The van der Waals surface area contributed by atoms with Gasteiger partial charge in [0.15, 0.2) is 0 Å². The molecule has 0 spiro atoms. The predicted molar refractivity (Wildman–Crippen MR) is 72.8 cm³/mol. The Morgan fingerprint density at radius 1 is 1.22 bits per heavy atom. The van der Waals surface area contributed by atoms with Gasteiger partial charge in [-0.15, -0.1) is 0 Å². The second-order valence-electron chi connectivity index (χ2n) is 4.79. The van der Waals surface area contributed by atoms with Crippen LogP contribution in [0, 0.1) is 0 Å². The van der Waals surface area contributed by atoms with Crippen LogP contribution in [-0.2, 0) is 11.3 Å². The van der Waals surface area contributed by atoms with E-state index in [4.69, 9.17) is 9.47 Å². The number of rotatable bonds is 8. The minimum Gasteiger partial charge on any atom is -0.491 e. The second kappa shape index (κ2) is 8.06. The van der Waals surface area contributed by atoms with Gasteiger partial charge >= 0.3 is 0 Å². The van der Waals surface area contributed by atoms with Crippen LogP contribution in [0.4, 0.5) is 0 Å². The number of nitrogens with zero attached hydrogens (tertiary/aromatic N) is 1. The van der Waals surface area contributed by atoms with Crippen molar-refractivity contribution >= 4 is 0 Å².